The molecule has 0 bridgehead atoms. The van der Waals surface area contributed by atoms with Crippen LogP contribution in [-0.2, 0) is 10.0 Å². The number of sulfonamides is 1. The Labute approximate surface area is 173 Å². The Balaban J connectivity index is 1.91. The number of aromatic amines is 1. The maximum absolute atomic E-state index is 13.2. The lowest BCUT2D eigenvalue weighted by molar-refractivity contribution is 0.102. The third-order valence-electron chi connectivity index (χ3n) is 4.48. The van der Waals surface area contributed by atoms with Crippen LogP contribution in [0, 0.1) is 12.7 Å². The normalized spacial score (nSPS) is 11.5. The van der Waals surface area contributed by atoms with Gasteiger partial charge >= 0.3 is 0 Å². The summed E-state index contributed by atoms with van der Waals surface area (Å²) < 4.78 is 44.7. The molecule has 2 aromatic carbocycles. The van der Waals surface area contributed by atoms with Crippen LogP contribution in [0.4, 0.5) is 10.1 Å². The van der Waals surface area contributed by atoms with E-state index in [0.29, 0.717) is 22.5 Å². The Hall–Kier alpha value is -3.24. The van der Waals surface area contributed by atoms with Crippen LogP contribution >= 0.6 is 0 Å². The predicted octanol–water partition coefficient (Wildman–Crippen LogP) is 3.04. The van der Waals surface area contributed by atoms with Crippen molar-refractivity contribution in [1.29, 1.82) is 0 Å². The molecule has 10 heteroatoms. The summed E-state index contributed by atoms with van der Waals surface area (Å²) in [4.78, 5) is 12.5. The van der Waals surface area contributed by atoms with E-state index in [1.807, 2.05) is 0 Å². The monoisotopic (exact) mass is 432 g/mol. The van der Waals surface area contributed by atoms with E-state index in [-0.39, 0.29) is 16.3 Å². The number of nitrogens with zero attached hydrogens (tertiary/aromatic N) is 2. The van der Waals surface area contributed by atoms with Gasteiger partial charge in [-0.25, -0.2) is 17.1 Å². The summed E-state index contributed by atoms with van der Waals surface area (Å²) in [6.45, 7) is 1.68. The van der Waals surface area contributed by atoms with Crippen molar-refractivity contribution in [3.8, 4) is 17.0 Å². The smallest absolute Gasteiger partial charge is 0.273 e. The summed E-state index contributed by atoms with van der Waals surface area (Å²) >= 11 is 0. The number of nitrogens with one attached hydrogen (secondary N) is 2. The molecule has 158 valence electrons. The van der Waals surface area contributed by atoms with Gasteiger partial charge in [-0.2, -0.15) is 5.10 Å². The molecule has 0 aliphatic heterocycles. The minimum absolute atomic E-state index is 0.0107. The maximum Gasteiger partial charge on any atom is 0.273 e. The van der Waals surface area contributed by atoms with Crippen LogP contribution in [0.5, 0.6) is 5.75 Å². The van der Waals surface area contributed by atoms with Crippen LogP contribution in [-0.4, -0.2) is 50.0 Å². The van der Waals surface area contributed by atoms with Crippen molar-refractivity contribution in [1.82, 2.24) is 14.5 Å². The number of amides is 1. The number of hydrogen-bond donors (Lipinski definition) is 2. The number of rotatable bonds is 6. The summed E-state index contributed by atoms with van der Waals surface area (Å²) in [6.07, 6.45) is 0. The summed E-state index contributed by atoms with van der Waals surface area (Å²) in [5.41, 5.74) is 2.10. The number of methoxy groups -OCH3 is 1. The zero-order valence-corrected chi connectivity index (χ0v) is 17.7. The lowest BCUT2D eigenvalue weighted by Gasteiger charge is -2.15. The average molecular weight is 432 g/mol. The zero-order chi connectivity index (χ0) is 22.1. The maximum atomic E-state index is 13.2. The predicted molar refractivity (Wildman–Crippen MR) is 111 cm³/mol. The Kier molecular flexibility index (Phi) is 5.90. The van der Waals surface area contributed by atoms with Gasteiger partial charge < -0.3 is 10.1 Å². The molecule has 3 aromatic rings. The molecule has 3 rings (SSSR count). The number of aryl methyl sites for hydroxylation is 1. The minimum Gasteiger partial charge on any atom is -0.495 e. The second-order valence-corrected chi connectivity index (χ2v) is 8.85. The summed E-state index contributed by atoms with van der Waals surface area (Å²) in [5, 5.41) is 9.44. The molecule has 0 aliphatic rings. The van der Waals surface area contributed by atoms with Crippen LogP contribution in [0.2, 0.25) is 0 Å². The van der Waals surface area contributed by atoms with E-state index in [4.69, 9.17) is 4.74 Å². The van der Waals surface area contributed by atoms with Gasteiger partial charge in [-0.3, -0.25) is 9.89 Å². The topological polar surface area (TPSA) is 104 Å². The van der Waals surface area contributed by atoms with E-state index in [1.54, 1.807) is 13.0 Å². The summed E-state index contributed by atoms with van der Waals surface area (Å²) in [5.74, 6) is -0.650. The van der Waals surface area contributed by atoms with Gasteiger partial charge in [-0.05, 0) is 55.0 Å². The second kappa shape index (κ2) is 8.25. The molecule has 0 fully saturated rings. The van der Waals surface area contributed by atoms with Crippen LogP contribution in [0.15, 0.2) is 47.4 Å². The number of carbonyl (C=O) groups is 1. The van der Waals surface area contributed by atoms with Gasteiger partial charge in [-0.15, -0.1) is 0 Å². The van der Waals surface area contributed by atoms with Gasteiger partial charge in [0.15, 0.2) is 0 Å². The Morgan fingerprint density at radius 3 is 2.53 bits per heavy atom. The number of aromatic nitrogens is 2. The molecule has 0 spiro atoms. The van der Waals surface area contributed by atoms with Crippen molar-refractivity contribution in [2.24, 2.45) is 0 Å². The highest BCUT2D eigenvalue weighted by Gasteiger charge is 2.23. The van der Waals surface area contributed by atoms with Crippen LogP contribution in [0.1, 0.15) is 16.1 Å². The van der Waals surface area contributed by atoms with Gasteiger partial charge in [0, 0.05) is 25.3 Å². The first-order chi connectivity index (χ1) is 14.1. The number of anilines is 1. The van der Waals surface area contributed by atoms with Crippen LogP contribution in [0.3, 0.4) is 0 Å². The first-order valence-electron chi connectivity index (χ1n) is 8.87. The molecule has 1 heterocycles. The van der Waals surface area contributed by atoms with E-state index in [9.17, 15) is 17.6 Å². The highest BCUT2D eigenvalue weighted by molar-refractivity contribution is 7.89. The van der Waals surface area contributed by atoms with E-state index >= 15 is 0 Å². The number of carbonyl (C=O) groups excluding carboxylic acids is 1. The fraction of sp³-hybridized carbons (Fsp3) is 0.200. The standard InChI is InChI=1S/C20H21FN4O4S/c1-12-9-14(21)6-7-15(12)22-20(26)17-11-16(23-24-17)13-5-8-18(29-4)19(10-13)30(27,28)25(2)3/h5-11H,1-4H3,(H,22,26)(H,23,24). The fourth-order valence-electron chi connectivity index (χ4n) is 2.78. The van der Waals surface area contributed by atoms with Gasteiger partial charge in [0.1, 0.15) is 22.2 Å². The Bertz CT molecular complexity index is 1210. The molecular formula is C20H21FN4O4S. The fourth-order valence-corrected chi connectivity index (χ4v) is 3.85. The van der Waals surface area contributed by atoms with Gasteiger partial charge in [0.2, 0.25) is 10.0 Å². The second-order valence-electron chi connectivity index (χ2n) is 6.73. The third kappa shape index (κ3) is 4.19. The summed E-state index contributed by atoms with van der Waals surface area (Å²) in [6, 6.07) is 10.2. The molecule has 2 N–H and O–H groups in total. The first-order valence-corrected chi connectivity index (χ1v) is 10.3. The largest absolute Gasteiger partial charge is 0.495 e. The van der Waals surface area contributed by atoms with Crippen LogP contribution in [0.25, 0.3) is 11.3 Å². The van der Waals surface area contributed by atoms with Crippen molar-refractivity contribution in [3.63, 3.8) is 0 Å². The quantitative estimate of drug-likeness (QED) is 0.623. The molecule has 0 aliphatic carbocycles. The van der Waals surface area contributed by atoms with E-state index in [1.165, 1.54) is 57.6 Å². The molecule has 30 heavy (non-hydrogen) atoms. The molecule has 8 nitrogen and oxygen atoms in total. The van der Waals surface area contributed by atoms with E-state index in [2.05, 4.69) is 15.5 Å². The molecule has 1 aromatic heterocycles. The van der Waals surface area contributed by atoms with Gasteiger partial charge in [0.05, 0.1) is 12.8 Å². The highest BCUT2D eigenvalue weighted by atomic mass is 32.2. The van der Waals surface area contributed by atoms with E-state index in [0.717, 1.165) is 4.31 Å². The number of benzene rings is 2. The van der Waals surface area contributed by atoms with Crippen molar-refractivity contribution >= 4 is 21.6 Å². The van der Waals surface area contributed by atoms with Crippen molar-refractivity contribution in [2.75, 3.05) is 26.5 Å². The number of halogens is 1. The first kappa shape index (κ1) is 21.5. The Morgan fingerprint density at radius 2 is 1.90 bits per heavy atom. The number of hydrogen-bond acceptors (Lipinski definition) is 5. The molecule has 0 saturated heterocycles. The molecule has 0 unspecified atom stereocenters. The van der Waals surface area contributed by atoms with Gasteiger partial charge in [0.25, 0.3) is 5.91 Å². The highest BCUT2D eigenvalue weighted by Crippen LogP contribution is 2.31. The van der Waals surface area contributed by atoms with E-state index < -0.39 is 21.7 Å². The SMILES string of the molecule is COc1ccc(-c2cc(C(=O)Nc3ccc(F)cc3C)[nH]n2)cc1S(=O)(=O)N(C)C. The lowest BCUT2D eigenvalue weighted by atomic mass is 10.1. The zero-order valence-electron chi connectivity index (χ0n) is 16.9. The third-order valence-corrected chi connectivity index (χ3v) is 6.31. The minimum atomic E-state index is -3.75. The van der Waals surface area contributed by atoms with Crippen molar-refractivity contribution in [3.05, 3.63) is 59.5 Å². The molecular weight excluding hydrogens is 411 g/mol. The van der Waals surface area contributed by atoms with Crippen LogP contribution < -0.4 is 10.1 Å². The molecule has 0 saturated carbocycles. The average Bonchev–Trinajstić information content (AvgIpc) is 3.19. The molecule has 0 radical (unpaired) electrons. The summed E-state index contributed by atoms with van der Waals surface area (Å²) in [7, 11) is 0.492. The van der Waals surface area contributed by atoms with Crippen molar-refractivity contribution in [2.45, 2.75) is 11.8 Å². The number of ether oxygens (including phenoxy) is 1. The molecule has 0 atom stereocenters. The van der Waals surface area contributed by atoms with Gasteiger partial charge in [-0.1, -0.05) is 0 Å². The Morgan fingerprint density at radius 1 is 1.17 bits per heavy atom. The van der Waals surface area contributed by atoms with Crippen molar-refractivity contribution < 1.29 is 22.3 Å². The number of H-pyrrole nitrogens is 1. The molecule has 1 amide bonds. The lowest BCUT2D eigenvalue weighted by Crippen LogP contribution is -2.22.